The molecular formula is C13H14BrF3N2O2. The Hall–Kier alpha value is -1.28. The van der Waals surface area contributed by atoms with Gasteiger partial charge in [0.2, 0.25) is 5.91 Å². The summed E-state index contributed by atoms with van der Waals surface area (Å²) in [4.78, 5) is 12.1. The van der Waals surface area contributed by atoms with Crippen molar-refractivity contribution >= 4 is 27.5 Å². The van der Waals surface area contributed by atoms with Crippen molar-refractivity contribution < 1.29 is 22.7 Å². The van der Waals surface area contributed by atoms with E-state index in [2.05, 4.69) is 31.3 Å². The van der Waals surface area contributed by atoms with Gasteiger partial charge in [-0.2, -0.15) is 0 Å². The predicted octanol–water partition coefficient (Wildman–Crippen LogP) is 3.14. The van der Waals surface area contributed by atoms with Crippen molar-refractivity contribution in [1.29, 1.82) is 0 Å². The molecule has 21 heavy (non-hydrogen) atoms. The molecule has 116 valence electrons. The average molecular weight is 367 g/mol. The molecule has 0 radical (unpaired) electrons. The molecule has 0 aliphatic carbocycles. The van der Waals surface area contributed by atoms with E-state index in [1.807, 2.05) is 6.92 Å². The van der Waals surface area contributed by atoms with Crippen molar-refractivity contribution in [2.75, 3.05) is 18.4 Å². The first-order chi connectivity index (χ1) is 9.76. The van der Waals surface area contributed by atoms with Gasteiger partial charge in [-0.05, 0) is 46.6 Å². The van der Waals surface area contributed by atoms with E-state index in [0.717, 1.165) is 12.6 Å². The molecule has 1 fully saturated rings. The maximum Gasteiger partial charge on any atom is 0.573 e. The minimum Gasteiger partial charge on any atom is -0.405 e. The Morgan fingerprint density at radius 3 is 2.67 bits per heavy atom. The molecule has 8 heteroatoms. The summed E-state index contributed by atoms with van der Waals surface area (Å²) in [5.74, 6) is -0.420. The molecular weight excluding hydrogens is 353 g/mol. The topological polar surface area (TPSA) is 50.4 Å². The maximum atomic E-state index is 12.2. The van der Waals surface area contributed by atoms with E-state index < -0.39 is 6.36 Å². The molecule has 1 aliphatic heterocycles. The van der Waals surface area contributed by atoms with Crippen molar-refractivity contribution in [3.8, 4) is 5.75 Å². The molecule has 1 saturated heterocycles. The number of halogens is 4. The van der Waals surface area contributed by atoms with Gasteiger partial charge in [0.1, 0.15) is 5.75 Å². The van der Waals surface area contributed by atoms with E-state index in [4.69, 9.17) is 0 Å². The van der Waals surface area contributed by atoms with E-state index in [-0.39, 0.29) is 28.0 Å². The van der Waals surface area contributed by atoms with Gasteiger partial charge in [-0.25, -0.2) is 0 Å². The van der Waals surface area contributed by atoms with Crippen LogP contribution in [0.15, 0.2) is 22.7 Å². The highest BCUT2D eigenvalue weighted by Gasteiger charge is 2.32. The fourth-order valence-electron chi connectivity index (χ4n) is 2.18. The summed E-state index contributed by atoms with van der Waals surface area (Å²) >= 11 is 3.00. The van der Waals surface area contributed by atoms with Gasteiger partial charge in [-0.15, -0.1) is 13.2 Å². The van der Waals surface area contributed by atoms with Crippen LogP contribution in [0.1, 0.15) is 6.92 Å². The second-order valence-electron chi connectivity index (χ2n) is 4.92. The lowest BCUT2D eigenvalue weighted by atomic mass is 9.97. The predicted molar refractivity (Wildman–Crippen MR) is 75.0 cm³/mol. The van der Waals surface area contributed by atoms with E-state index in [0.29, 0.717) is 12.2 Å². The lowest BCUT2D eigenvalue weighted by Crippen LogP contribution is -2.27. The number of nitrogens with one attached hydrogen (secondary N) is 2. The fourth-order valence-corrected chi connectivity index (χ4v) is 2.64. The van der Waals surface area contributed by atoms with Gasteiger partial charge in [0, 0.05) is 12.2 Å². The molecule has 2 rings (SSSR count). The van der Waals surface area contributed by atoms with Crippen LogP contribution in [0.25, 0.3) is 0 Å². The minimum atomic E-state index is -4.75. The second kappa shape index (κ2) is 6.23. The van der Waals surface area contributed by atoms with Gasteiger partial charge in [-0.1, -0.05) is 6.92 Å². The Bertz CT molecular complexity index is 537. The number of carbonyl (C=O) groups excluding carboxylic acids is 1. The van der Waals surface area contributed by atoms with Crippen molar-refractivity contribution in [2.24, 2.45) is 11.8 Å². The Morgan fingerprint density at radius 2 is 2.14 bits per heavy atom. The van der Waals surface area contributed by atoms with Crippen LogP contribution in [0.5, 0.6) is 5.75 Å². The number of carbonyl (C=O) groups is 1. The van der Waals surface area contributed by atoms with Crippen LogP contribution in [0.4, 0.5) is 18.9 Å². The molecule has 1 amide bonds. The third-order valence-corrected chi connectivity index (χ3v) is 3.90. The van der Waals surface area contributed by atoms with Crippen LogP contribution in [-0.4, -0.2) is 25.4 Å². The van der Waals surface area contributed by atoms with Gasteiger partial charge in [0.05, 0.1) is 10.4 Å². The number of amides is 1. The molecule has 1 aromatic carbocycles. The van der Waals surface area contributed by atoms with Crippen LogP contribution < -0.4 is 15.4 Å². The van der Waals surface area contributed by atoms with E-state index in [9.17, 15) is 18.0 Å². The maximum absolute atomic E-state index is 12.2. The second-order valence-corrected chi connectivity index (χ2v) is 5.78. The van der Waals surface area contributed by atoms with Gasteiger partial charge < -0.3 is 15.4 Å². The normalized spacial score (nSPS) is 22.1. The van der Waals surface area contributed by atoms with Crippen molar-refractivity contribution in [3.05, 3.63) is 22.7 Å². The molecule has 2 N–H and O–H groups in total. The summed E-state index contributed by atoms with van der Waals surface area (Å²) < 4.78 is 40.4. The quantitative estimate of drug-likeness (QED) is 0.863. The van der Waals surface area contributed by atoms with Crippen molar-refractivity contribution in [3.63, 3.8) is 0 Å². The number of anilines is 1. The lowest BCUT2D eigenvalue weighted by molar-refractivity contribution is -0.274. The molecule has 4 nitrogen and oxygen atoms in total. The summed E-state index contributed by atoms with van der Waals surface area (Å²) in [6, 6.07) is 3.91. The van der Waals surface area contributed by atoms with Crippen LogP contribution in [0, 0.1) is 11.8 Å². The number of hydrogen-bond donors (Lipinski definition) is 2. The minimum absolute atomic E-state index is 0.121. The molecule has 1 aliphatic rings. The van der Waals surface area contributed by atoms with Gasteiger partial charge in [-0.3, -0.25) is 4.79 Å². The Kier molecular flexibility index (Phi) is 4.77. The molecule has 0 bridgehead atoms. The Balaban J connectivity index is 2.05. The third-order valence-electron chi connectivity index (χ3n) is 3.28. The van der Waals surface area contributed by atoms with E-state index >= 15 is 0 Å². The molecule has 0 aromatic heterocycles. The monoisotopic (exact) mass is 366 g/mol. The summed E-state index contributed by atoms with van der Waals surface area (Å²) in [5, 5.41) is 5.82. The standard InChI is InChI=1S/C13H14BrF3N2O2/c1-7-5-18-6-9(7)12(20)19-8-2-3-11(10(14)4-8)21-13(15,16)17/h2-4,7,9,18H,5-6H2,1H3,(H,19,20)/t7-,9-/m1/s1. The van der Waals surface area contributed by atoms with Gasteiger partial charge in [0.15, 0.2) is 0 Å². The van der Waals surface area contributed by atoms with Crippen LogP contribution >= 0.6 is 15.9 Å². The zero-order valence-corrected chi connectivity index (χ0v) is 12.7. The highest BCUT2D eigenvalue weighted by atomic mass is 79.9. The molecule has 1 heterocycles. The van der Waals surface area contributed by atoms with E-state index in [1.165, 1.54) is 12.1 Å². The van der Waals surface area contributed by atoms with Gasteiger partial charge >= 0.3 is 6.36 Å². The molecule has 0 saturated carbocycles. The van der Waals surface area contributed by atoms with Crippen LogP contribution in [0.2, 0.25) is 0 Å². The number of ether oxygens (including phenoxy) is 1. The lowest BCUT2D eigenvalue weighted by Gasteiger charge is -2.15. The first-order valence-electron chi connectivity index (χ1n) is 6.33. The largest absolute Gasteiger partial charge is 0.573 e. The first-order valence-corrected chi connectivity index (χ1v) is 7.12. The van der Waals surface area contributed by atoms with Crippen LogP contribution in [-0.2, 0) is 4.79 Å². The number of rotatable bonds is 3. The van der Waals surface area contributed by atoms with E-state index in [1.54, 1.807) is 0 Å². The Morgan fingerprint density at radius 1 is 1.43 bits per heavy atom. The average Bonchev–Trinajstić information content (AvgIpc) is 2.77. The summed E-state index contributed by atoms with van der Waals surface area (Å²) in [7, 11) is 0. The van der Waals surface area contributed by atoms with Crippen LogP contribution in [0.3, 0.4) is 0 Å². The molecule has 2 atom stereocenters. The molecule has 0 unspecified atom stereocenters. The van der Waals surface area contributed by atoms with Crippen molar-refractivity contribution in [2.45, 2.75) is 13.3 Å². The Labute approximate surface area is 128 Å². The SMILES string of the molecule is C[C@@H]1CNC[C@H]1C(=O)Nc1ccc(OC(F)(F)F)c(Br)c1. The number of benzene rings is 1. The zero-order chi connectivity index (χ0) is 15.6. The fraction of sp³-hybridized carbons (Fsp3) is 0.462. The summed E-state index contributed by atoms with van der Waals surface area (Å²) in [6.07, 6.45) is -4.75. The highest BCUT2D eigenvalue weighted by Crippen LogP contribution is 2.32. The highest BCUT2D eigenvalue weighted by molar-refractivity contribution is 9.10. The number of alkyl halides is 3. The molecule has 1 aromatic rings. The smallest absolute Gasteiger partial charge is 0.405 e. The van der Waals surface area contributed by atoms with Crippen molar-refractivity contribution in [1.82, 2.24) is 5.32 Å². The third kappa shape index (κ3) is 4.34. The zero-order valence-electron chi connectivity index (χ0n) is 11.1. The summed E-state index contributed by atoms with van der Waals surface area (Å²) in [6.45, 7) is 3.35. The first kappa shape index (κ1) is 16.1. The number of hydrogen-bond acceptors (Lipinski definition) is 3. The van der Waals surface area contributed by atoms with Gasteiger partial charge in [0.25, 0.3) is 0 Å². The summed E-state index contributed by atoms with van der Waals surface area (Å²) in [5.41, 5.74) is 0.417. The molecule has 0 spiro atoms.